The third kappa shape index (κ3) is 2.15. The number of hydrogen-bond acceptors (Lipinski definition) is 4. The Labute approximate surface area is 110 Å². The molecule has 5 heteroatoms. The molecule has 96 valence electrons. The Kier molecular flexibility index (Phi) is 2.89. The van der Waals surface area contributed by atoms with Crippen LogP contribution in [0.5, 0.6) is 0 Å². The van der Waals surface area contributed by atoms with Crippen molar-refractivity contribution in [2.45, 2.75) is 12.5 Å². The molecule has 0 spiro atoms. The molecule has 0 saturated heterocycles. The molecule has 0 aliphatic rings. The zero-order valence-electron chi connectivity index (χ0n) is 10.3. The molecule has 3 aromatic rings. The number of aliphatic hydroxyl groups excluding tert-OH is 1. The van der Waals surface area contributed by atoms with Crippen LogP contribution in [0.3, 0.4) is 0 Å². The lowest BCUT2D eigenvalue weighted by molar-refractivity contribution is 0.179. The molecule has 3 N–H and O–H groups in total. The molecule has 1 unspecified atom stereocenters. The summed E-state index contributed by atoms with van der Waals surface area (Å²) < 4.78 is 0. The molecule has 0 saturated carbocycles. The van der Waals surface area contributed by atoms with Gasteiger partial charge < -0.3 is 10.9 Å². The summed E-state index contributed by atoms with van der Waals surface area (Å²) in [6.07, 6.45) is -0.0898. The van der Waals surface area contributed by atoms with Crippen molar-refractivity contribution in [2.75, 3.05) is 5.84 Å². The second kappa shape index (κ2) is 4.70. The van der Waals surface area contributed by atoms with Crippen molar-refractivity contribution in [2.24, 2.45) is 0 Å². The molecule has 3 rings (SSSR count). The molecular weight excluding hydrogens is 240 g/mol. The van der Waals surface area contributed by atoms with E-state index < -0.39 is 6.10 Å². The van der Waals surface area contributed by atoms with Crippen LogP contribution < -0.4 is 5.84 Å². The number of fused-ring (bicyclic) bond motifs is 1. The van der Waals surface area contributed by atoms with Crippen molar-refractivity contribution in [3.63, 3.8) is 0 Å². The first-order chi connectivity index (χ1) is 9.25. The molecule has 1 atom stereocenters. The number of nitrogen functional groups attached to an aromatic ring is 1. The van der Waals surface area contributed by atoms with Gasteiger partial charge in [-0.2, -0.15) is 4.79 Å². The van der Waals surface area contributed by atoms with E-state index in [9.17, 15) is 5.11 Å². The lowest BCUT2D eigenvalue weighted by atomic mass is 10.0. The summed E-state index contributed by atoms with van der Waals surface area (Å²) in [5, 5.41) is 18.0. The van der Waals surface area contributed by atoms with Crippen LogP contribution in [0.2, 0.25) is 0 Å². The van der Waals surface area contributed by atoms with Gasteiger partial charge in [0.15, 0.2) is 0 Å². The van der Waals surface area contributed by atoms with E-state index in [4.69, 9.17) is 5.84 Å². The van der Waals surface area contributed by atoms with Crippen molar-refractivity contribution in [1.82, 2.24) is 15.1 Å². The molecule has 0 amide bonds. The SMILES string of the molecule is Nn1nnc2cccc(CC(O)c3ccccc3)c21. The van der Waals surface area contributed by atoms with E-state index >= 15 is 0 Å². The maximum Gasteiger partial charge on any atom is 0.115 e. The maximum atomic E-state index is 10.3. The molecule has 0 aliphatic heterocycles. The van der Waals surface area contributed by atoms with E-state index in [2.05, 4.69) is 10.3 Å². The lowest BCUT2D eigenvalue weighted by Crippen LogP contribution is -2.12. The number of hydrogen-bond donors (Lipinski definition) is 2. The monoisotopic (exact) mass is 254 g/mol. The summed E-state index contributed by atoms with van der Waals surface area (Å²) in [5.74, 6) is 5.75. The summed E-state index contributed by atoms with van der Waals surface area (Å²) in [6, 6.07) is 15.2. The van der Waals surface area contributed by atoms with Gasteiger partial charge >= 0.3 is 0 Å². The van der Waals surface area contributed by atoms with Crippen LogP contribution in [0.15, 0.2) is 48.5 Å². The minimum absolute atomic E-state index is 0.478. The Morgan fingerprint density at radius 1 is 1.11 bits per heavy atom. The highest BCUT2D eigenvalue weighted by Gasteiger charge is 2.13. The Balaban J connectivity index is 1.95. The molecule has 1 aromatic heterocycles. The van der Waals surface area contributed by atoms with Crippen LogP contribution in [-0.2, 0) is 6.42 Å². The largest absolute Gasteiger partial charge is 0.388 e. The van der Waals surface area contributed by atoms with E-state index in [1.165, 1.54) is 4.79 Å². The summed E-state index contributed by atoms with van der Waals surface area (Å²) in [5.41, 5.74) is 3.31. The number of para-hydroxylation sites is 1. The van der Waals surface area contributed by atoms with Crippen LogP contribution >= 0.6 is 0 Å². The van der Waals surface area contributed by atoms with Gasteiger partial charge in [0.1, 0.15) is 11.0 Å². The van der Waals surface area contributed by atoms with Gasteiger partial charge in [-0.25, -0.2) is 0 Å². The van der Waals surface area contributed by atoms with E-state index in [-0.39, 0.29) is 0 Å². The van der Waals surface area contributed by atoms with Crippen LogP contribution in [0.25, 0.3) is 11.0 Å². The second-order valence-corrected chi connectivity index (χ2v) is 4.45. The molecule has 0 bridgehead atoms. The zero-order valence-corrected chi connectivity index (χ0v) is 10.3. The first-order valence-corrected chi connectivity index (χ1v) is 6.07. The number of aromatic nitrogens is 3. The minimum atomic E-state index is -0.568. The van der Waals surface area contributed by atoms with Gasteiger partial charge in [-0.1, -0.05) is 42.5 Å². The Morgan fingerprint density at radius 2 is 1.89 bits per heavy atom. The average Bonchev–Trinajstić information content (AvgIpc) is 2.83. The van der Waals surface area contributed by atoms with Gasteiger partial charge in [-0.15, -0.1) is 5.10 Å². The van der Waals surface area contributed by atoms with Gasteiger partial charge in [0.25, 0.3) is 0 Å². The molecule has 2 aromatic carbocycles. The van der Waals surface area contributed by atoms with Crippen molar-refractivity contribution in [3.05, 3.63) is 59.7 Å². The van der Waals surface area contributed by atoms with E-state index in [1.807, 2.05) is 48.5 Å². The number of nitrogens with zero attached hydrogens (tertiary/aromatic N) is 3. The van der Waals surface area contributed by atoms with Crippen molar-refractivity contribution < 1.29 is 5.11 Å². The molecule has 0 radical (unpaired) electrons. The zero-order chi connectivity index (χ0) is 13.2. The minimum Gasteiger partial charge on any atom is -0.388 e. The van der Waals surface area contributed by atoms with E-state index in [0.29, 0.717) is 6.42 Å². The van der Waals surface area contributed by atoms with E-state index in [0.717, 1.165) is 22.2 Å². The molecule has 19 heavy (non-hydrogen) atoms. The van der Waals surface area contributed by atoms with Crippen molar-refractivity contribution >= 4 is 11.0 Å². The Bertz CT molecular complexity index is 693. The fraction of sp³-hybridized carbons (Fsp3) is 0.143. The van der Waals surface area contributed by atoms with Gasteiger partial charge in [-0.3, -0.25) is 0 Å². The van der Waals surface area contributed by atoms with Gasteiger partial charge in [0.05, 0.1) is 6.10 Å². The number of nitrogens with two attached hydrogens (primary N) is 1. The third-order valence-corrected chi connectivity index (χ3v) is 3.17. The quantitative estimate of drug-likeness (QED) is 0.693. The molecule has 0 aliphatic carbocycles. The number of benzene rings is 2. The van der Waals surface area contributed by atoms with Crippen molar-refractivity contribution in [3.8, 4) is 0 Å². The first-order valence-electron chi connectivity index (χ1n) is 6.07. The topological polar surface area (TPSA) is 77.0 Å². The highest BCUT2D eigenvalue weighted by atomic mass is 16.3. The standard InChI is InChI=1S/C14H14N4O/c15-18-14-11(7-4-8-12(14)16-17-18)9-13(19)10-5-2-1-3-6-10/h1-8,13,19H,9,15H2. The Morgan fingerprint density at radius 3 is 2.68 bits per heavy atom. The summed E-state index contributed by atoms with van der Waals surface area (Å²) in [4.78, 5) is 1.25. The van der Waals surface area contributed by atoms with Crippen LogP contribution in [-0.4, -0.2) is 20.2 Å². The molecular formula is C14H14N4O. The van der Waals surface area contributed by atoms with Crippen LogP contribution in [0.4, 0.5) is 0 Å². The highest BCUT2D eigenvalue weighted by Crippen LogP contribution is 2.22. The smallest absolute Gasteiger partial charge is 0.115 e. The second-order valence-electron chi connectivity index (χ2n) is 4.45. The van der Waals surface area contributed by atoms with Gasteiger partial charge in [-0.05, 0) is 22.4 Å². The average molecular weight is 254 g/mol. The lowest BCUT2D eigenvalue weighted by Gasteiger charge is -2.11. The highest BCUT2D eigenvalue weighted by molar-refractivity contribution is 5.78. The van der Waals surface area contributed by atoms with Crippen LogP contribution in [0, 0.1) is 0 Å². The number of aliphatic hydroxyl groups is 1. The van der Waals surface area contributed by atoms with E-state index in [1.54, 1.807) is 0 Å². The van der Waals surface area contributed by atoms with Gasteiger partial charge in [0.2, 0.25) is 0 Å². The third-order valence-electron chi connectivity index (χ3n) is 3.17. The van der Waals surface area contributed by atoms with Gasteiger partial charge in [0, 0.05) is 6.42 Å². The summed E-state index contributed by atoms with van der Waals surface area (Å²) >= 11 is 0. The fourth-order valence-electron chi connectivity index (χ4n) is 2.23. The fourth-order valence-corrected chi connectivity index (χ4v) is 2.23. The molecule has 1 heterocycles. The number of rotatable bonds is 3. The first kappa shape index (κ1) is 11.7. The summed E-state index contributed by atoms with van der Waals surface area (Å²) in [7, 11) is 0. The predicted molar refractivity (Wildman–Crippen MR) is 72.8 cm³/mol. The van der Waals surface area contributed by atoms with Crippen molar-refractivity contribution in [1.29, 1.82) is 0 Å². The van der Waals surface area contributed by atoms with Crippen LogP contribution in [0.1, 0.15) is 17.2 Å². The summed E-state index contributed by atoms with van der Waals surface area (Å²) in [6.45, 7) is 0. The normalized spacial score (nSPS) is 12.7. The maximum absolute atomic E-state index is 10.3. The predicted octanol–water partition coefficient (Wildman–Crippen LogP) is 1.42. The molecule has 5 nitrogen and oxygen atoms in total. The Hall–Kier alpha value is -2.40. The molecule has 0 fully saturated rings.